The van der Waals surface area contributed by atoms with Crippen LogP contribution in [0.1, 0.15) is 30.9 Å². The molecule has 0 fully saturated rings. The van der Waals surface area contributed by atoms with Gasteiger partial charge in [-0.3, -0.25) is 5.10 Å². The standard InChI is InChI=1S/C30H35N3O3/c1-3-4-18-33(2)22-26-21-31-32-30(26)25-10-12-27(13-11-25)34-19-20-35-28-14-16-29(17-15-28)36-23-24-8-6-5-7-9-24/h5-17,21H,3-4,18-20,22-23H2,1-2H3,(H,31,32). The summed E-state index contributed by atoms with van der Waals surface area (Å²) in [6.07, 6.45) is 4.32. The summed E-state index contributed by atoms with van der Waals surface area (Å²) in [5.41, 5.74) is 4.50. The molecular weight excluding hydrogens is 450 g/mol. The van der Waals surface area contributed by atoms with Gasteiger partial charge in [0.15, 0.2) is 0 Å². The second kappa shape index (κ2) is 13.4. The number of unbranched alkanes of at least 4 members (excludes halogenated alkanes) is 1. The molecule has 3 aromatic carbocycles. The Bertz CT molecular complexity index is 1160. The first-order valence-corrected chi connectivity index (χ1v) is 12.5. The van der Waals surface area contributed by atoms with E-state index in [4.69, 9.17) is 14.2 Å². The van der Waals surface area contributed by atoms with Gasteiger partial charge in [0, 0.05) is 17.7 Å². The molecule has 4 aromatic rings. The van der Waals surface area contributed by atoms with Crippen molar-refractivity contribution in [2.75, 3.05) is 26.8 Å². The number of hydrogen-bond acceptors (Lipinski definition) is 5. The maximum Gasteiger partial charge on any atom is 0.122 e. The summed E-state index contributed by atoms with van der Waals surface area (Å²) in [4.78, 5) is 2.33. The Morgan fingerprint density at radius 3 is 2.03 bits per heavy atom. The number of benzene rings is 3. The summed E-state index contributed by atoms with van der Waals surface area (Å²) in [6, 6.07) is 25.9. The maximum absolute atomic E-state index is 5.87. The van der Waals surface area contributed by atoms with Gasteiger partial charge in [0.2, 0.25) is 0 Å². The van der Waals surface area contributed by atoms with Crippen molar-refractivity contribution in [1.29, 1.82) is 0 Å². The second-order valence-electron chi connectivity index (χ2n) is 8.83. The molecule has 0 amide bonds. The summed E-state index contributed by atoms with van der Waals surface area (Å²) in [5, 5.41) is 7.41. The molecule has 36 heavy (non-hydrogen) atoms. The summed E-state index contributed by atoms with van der Waals surface area (Å²) >= 11 is 0. The predicted molar refractivity (Wildman–Crippen MR) is 143 cm³/mol. The summed E-state index contributed by atoms with van der Waals surface area (Å²) in [6.45, 7) is 5.65. The molecule has 1 aromatic heterocycles. The predicted octanol–water partition coefficient (Wildman–Crippen LogP) is 6.35. The Morgan fingerprint density at radius 2 is 1.39 bits per heavy atom. The number of H-pyrrole nitrogens is 1. The summed E-state index contributed by atoms with van der Waals surface area (Å²) < 4.78 is 17.5. The Balaban J connectivity index is 1.19. The molecule has 0 saturated carbocycles. The maximum atomic E-state index is 5.87. The van der Waals surface area contributed by atoms with Crippen LogP contribution in [0.15, 0.2) is 85.1 Å². The third-order valence-electron chi connectivity index (χ3n) is 5.89. The highest BCUT2D eigenvalue weighted by Crippen LogP contribution is 2.25. The number of ether oxygens (including phenoxy) is 3. The van der Waals surface area contributed by atoms with E-state index in [0.717, 1.165) is 47.2 Å². The molecule has 0 saturated heterocycles. The van der Waals surface area contributed by atoms with E-state index in [2.05, 4.69) is 41.2 Å². The highest BCUT2D eigenvalue weighted by atomic mass is 16.5. The fraction of sp³-hybridized carbons (Fsp3) is 0.300. The van der Waals surface area contributed by atoms with Crippen molar-refractivity contribution in [2.45, 2.75) is 32.9 Å². The van der Waals surface area contributed by atoms with Crippen LogP contribution in [-0.2, 0) is 13.2 Å². The van der Waals surface area contributed by atoms with Crippen molar-refractivity contribution in [3.05, 3.63) is 96.2 Å². The Hall–Kier alpha value is -3.77. The molecule has 0 radical (unpaired) electrons. The monoisotopic (exact) mass is 485 g/mol. The van der Waals surface area contributed by atoms with Crippen molar-refractivity contribution >= 4 is 0 Å². The molecule has 0 bridgehead atoms. The quantitative estimate of drug-likeness (QED) is 0.211. The highest BCUT2D eigenvalue weighted by molar-refractivity contribution is 5.63. The average molecular weight is 486 g/mol. The SMILES string of the molecule is CCCCN(C)Cc1cn[nH]c1-c1ccc(OCCOc2ccc(OCc3ccccc3)cc2)cc1. The van der Waals surface area contributed by atoms with Crippen molar-refractivity contribution in [1.82, 2.24) is 15.1 Å². The van der Waals surface area contributed by atoms with Crippen LogP contribution in [0.25, 0.3) is 11.3 Å². The Labute approximate surface area is 213 Å². The van der Waals surface area contributed by atoms with Gasteiger partial charge in [-0.25, -0.2) is 0 Å². The van der Waals surface area contributed by atoms with Gasteiger partial charge >= 0.3 is 0 Å². The van der Waals surface area contributed by atoms with Crippen molar-refractivity contribution in [3.8, 4) is 28.5 Å². The summed E-state index contributed by atoms with van der Waals surface area (Å²) in [5.74, 6) is 2.42. The second-order valence-corrected chi connectivity index (χ2v) is 8.83. The van der Waals surface area contributed by atoms with E-state index in [0.29, 0.717) is 19.8 Å². The van der Waals surface area contributed by atoms with Crippen LogP contribution in [0.4, 0.5) is 0 Å². The number of nitrogens with one attached hydrogen (secondary N) is 1. The normalized spacial score (nSPS) is 11.0. The Morgan fingerprint density at radius 1 is 0.778 bits per heavy atom. The van der Waals surface area contributed by atoms with Crippen LogP contribution in [0.3, 0.4) is 0 Å². The molecule has 4 rings (SSSR count). The lowest BCUT2D eigenvalue weighted by molar-refractivity contribution is 0.217. The van der Waals surface area contributed by atoms with Gasteiger partial charge in [0.05, 0.1) is 11.9 Å². The zero-order valence-electron chi connectivity index (χ0n) is 21.2. The molecule has 188 valence electrons. The molecule has 6 nitrogen and oxygen atoms in total. The van der Waals surface area contributed by atoms with Crippen molar-refractivity contribution in [3.63, 3.8) is 0 Å². The number of hydrogen-bond donors (Lipinski definition) is 1. The van der Waals surface area contributed by atoms with E-state index in [9.17, 15) is 0 Å². The number of aromatic amines is 1. The number of rotatable bonds is 14. The molecule has 0 atom stereocenters. The number of aromatic nitrogens is 2. The van der Waals surface area contributed by atoms with E-state index < -0.39 is 0 Å². The molecule has 6 heteroatoms. The fourth-order valence-corrected chi connectivity index (χ4v) is 3.89. The van der Waals surface area contributed by atoms with Crippen LogP contribution >= 0.6 is 0 Å². The minimum atomic E-state index is 0.459. The van der Waals surface area contributed by atoms with Crippen LogP contribution in [0, 0.1) is 0 Å². The minimum Gasteiger partial charge on any atom is -0.490 e. The molecular formula is C30H35N3O3. The van der Waals surface area contributed by atoms with Gasteiger partial charge in [0.1, 0.15) is 37.1 Å². The van der Waals surface area contributed by atoms with Crippen molar-refractivity contribution in [2.24, 2.45) is 0 Å². The molecule has 0 unspecified atom stereocenters. The Kier molecular flexibility index (Phi) is 9.39. The van der Waals surface area contributed by atoms with Gasteiger partial charge in [-0.15, -0.1) is 0 Å². The highest BCUT2D eigenvalue weighted by Gasteiger charge is 2.10. The van der Waals surface area contributed by atoms with Crippen LogP contribution < -0.4 is 14.2 Å². The van der Waals surface area contributed by atoms with E-state index in [-0.39, 0.29) is 0 Å². The van der Waals surface area contributed by atoms with Crippen molar-refractivity contribution < 1.29 is 14.2 Å². The third kappa shape index (κ3) is 7.62. The largest absolute Gasteiger partial charge is 0.490 e. The van der Waals surface area contributed by atoms with Crippen LogP contribution in [0.2, 0.25) is 0 Å². The smallest absolute Gasteiger partial charge is 0.122 e. The zero-order valence-corrected chi connectivity index (χ0v) is 21.2. The molecule has 1 N–H and O–H groups in total. The molecule has 0 aliphatic rings. The van der Waals surface area contributed by atoms with E-state index >= 15 is 0 Å². The molecule has 0 spiro atoms. The topological polar surface area (TPSA) is 59.6 Å². The van der Waals surface area contributed by atoms with E-state index in [1.807, 2.05) is 72.9 Å². The van der Waals surface area contributed by atoms with Gasteiger partial charge < -0.3 is 19.1 Å². The lowest BCUT2D eigenvalue weighted by Crippen LogP contribution is -2.19. The van der Waals surface area contributed by atoms with Gasteiger partial charge in [0.25, 0.3) is 0 Å². The van der Waals surface area contributed by atoms with Crippen LogP contribution in [0.5, 0.6) is 17.2 Å². The molecule has 0 aliphatic carbocycles. The fourth-order valence-electron chi connectivity index (χ4n) is 3.89. The lowest BCUT2D eigenvalue weighted by Gasteiger charge is -2.16. The zero-order chi connectivity index (χ0) is 25.0. The van der Waals surface area contributed by atoms with E-state index in [1.54, 1.807) is 0 Å². The summed E-state index contributed by atoms with van der Waals surface area (Å²) in [7, 11) is 2.15. The van der Waals surface area contributed by atoms with Crippen LogP contribution in [-0.4, -0.2) is 41.9 Å². The first-order valence-electron chi connectivity index (χ1n) is 12.5. The van der Waals surface area contributed by atoms with Gasteiger partial charge in [-0.1, -0.05) is 43.7 Å². The lowest BCUT2D eigenvalue weighted by atomic mass is 10.1. The third-order valence-corrected chi connectivity index (χ3v) is 5.89. The van der Waals surface area contributed by atoms with Gasteiger partial charge in [-0.05, 0) is 74.1 Å². The first kappa shape index (κ1) is 25.3. The molecule has 1 heterocycles. The minimum absolute atomic E-state index is 0.459. The number of nitrogens with zero attached hydrogens (tertiary/aromatic N) is 2. The molecule has 0 aliphatic heterocycles. The first-order chi connectivity index (χ1) is 17.7. The van der Waals surface area contributed by atoms with Gasteiger partial charge in [-0.2, -0.15) is 5.10 Å². The van der Waals surface area contributed by atoms with E-state index in [1.165, 1.54) is 18.4 Å². The average Bonchev–Trinajstić information content (AvgIpc) is 3.38.